The Hall–Kier alpha value is -0.960. The van der Waals surface area contributed by atoms with Crippen LogP contribution in [0.15, 0.2) is 0 Å². The van der Waals surface area contributed by atoms with Gasteiger partial charge in [-0.1, -0.05) is 4.57 Å². The van der Waals surface area contributed by atoms with Gasteiger partial charge in [0.1, 0.15) is 12.6 Å². The quantitative estimate of drug-likeness (QED) is 0.533. The van der Waals surface area contributed by atoms with Gasteiger partial charge in [-0.3, -0.25) is 4.79 Å². The van der Waals surface area contributed by atoms with E-state index >= 15 is 0 Å². The highest BCUT2D eigenvalue weighted by Crippen LogP contribution is 2.30. The summed E-state index contributed by atoms with van der Waals surface area (Å²) in [6, 6.07) is 0. The first-order chi connectivity index (χ1) is 6.02. The summed E-state index contributed by atoms with van der Waals surface area (Å²) in [5.74, 6) is -1.86. The van der Waals surface area contributed by atoms with Crippen molar-refractivity contribution in [3.8, 4) is 0 Å². The average molecular weight is 207 g/mol. The highest BCUT2D eigenvalue weighted by Gasteiger charge is 2.38. The van der Waals surface area contributed by atoms with Crippen molar-refractivity contribution in [2.24, 2.45) is 0 Å². The zero-order valence-electron chi connectivity index (χ0n) is 7.52. The Kier molecular flexibility index (Phi) is 5.23. The van der Waals surface area contributed by atoms with E-state index in [0.29, 0.717) is 0 Å². The van der Waals surface area contributed by atoms with Crippen molar-refractivity contribution in [2.45, 2.75) is 19.0 Å². The molecule has 0 heterocycles. The minimum absolute atomic E-state index is 0.280. The molecule has 0 amide bonds. The molecule has 0 bridgehead atoms. The van der Waals surface area contributed by atoms with Crippen molar-refractivity contribution in [1.82, 2.24) is 0 Å². The molecular formula is C7H12O5P+. The van der Waals surface area contributed by atoms with Gasteiger partial charge in [-0.25, -0.2) is 4.79 Å². The Bertz CT molecular complexity index is 209. The Balaban J connectivity index is 4.45. The van der Waals surface area contributed by atoms with Crippen LogP contribution < -0.4 is 0 Å². The lowest BCUT2D eigenvalue weighted by Gasteiger charge is -2.01. The van der Waals surface area contributed by atoms with Crippen molar-refractivity contribution in [1.29, 1.82) is 0 Å². The van der Waals surface area contributed by atoms with Crippen LogP contribution >= 0.6 is 7.80 Å². The molecular weight excluding hydrogens is 195 g/mol. The molecule has 0 spiro atoms. The molecule has 5 nitrogen and oxygen atoms in total. The monoisotopic (exact) mass is 207 g/mol. The lowest BCUT2D eigenvalue weighted by Crippen LogP contribution is -2.22. The third-order valence-corrected chi connectivity index (χ3v) is 3.21. The molecule has 0 radical (unpaired) electrons. The molecule has 0 rings (SSSR count). The molecule has 0 aliphatic carbocycles. The largest absolute Gasteiger partial charge is 0.481 e. The summed E-state index contributed by atoms with van der Waals surface area (Å²) in [4.78, 5) is 21.3. The number of rotatable bonds is 5. The van der Waals surface area contributed by atoms with Gasteiger partial charge in [0.15, 0.2) is 0 Å². The van der Waals surface area contributed by atoms with Crippen LogP contribution in [0.25, 0.3) is 0 Å². The van der Waals surface area contributed by atoms with Gasteiger partial charge in [-0.2, -0.15) is 0 Å². The minimum Gasteiger partial charge on any atom is -0.481 e. The maximum Gasteiger partial charge on any atom is 0.358 e. The van der Waals surface area contributed by atoms with Gasteiger partial charge < -0.3 is 9.84 Å². The third-order valence-electron chi connectivity index (χ3n) is 1.50. The second-order valence-electron chi connectivity index (χ2n) is 2.37. The van der Waals surface area contributed by atoms with Crippen molar-refractivity contribution in [2.75, 3.05) is 13.3 Å². The Morgan fingerprint density at radius 1 is 1.54 bits per heavy atom. The molecule has 0 aliphatic heterocycles. The number of carboxylic acids is 1. The summed E-state index contributed by atoms with van der Waals surface area (Å²) in [5, 5.41) is 8.44. The van der Waals surface area contributed by atoms with E-state index in [1.54, 1.807) is 6.92 Å². The number of hydrogen-bond acceptors (Lipinski definition) is 4. The standard InChI is InChI=1S/C7H11O5P/c1-3-13(11)5(4-6(8)9)7(10)12-2/h5H,3-4H2,1-2H3/p+1. The molecule has 0 fully saturated rings. The molecule has 0 aliphatic rings. The Labute approximate surface area is 76.9 Å². The first-order valence-electron chi connectivity index (χ1n) is 3.76. The number of carboxylic acid groups (broad SMARTS) is 1. The van der Waals surface area contributed by atoms with Gasteiger partial charge >= 0.3 is 19.7 Å². The van der Waals surface area contributed by atoms with E-state index in [1.165, 1.54) is 0 Å². The van der Waals surface area contributed by atoms with Gasteiger partial charge in [0.05, 0.1) is 7.11 Å². The molecule has 13 heavy (non-hydrogen) atoms. The van der Waals surface area contributed by atoms with Gasteiger partial charge in [0.25, 0.3) is 5.66 Å². The zero-order chi connectivity index (χ0) is 10.4. The first kappa shape index (κ1) is 12.0. The van der Waals surface area contributed by atoms with Crippen molar-refractivity contribution in [3.05, 3.63) is 0 Å². The van der Waals surface area contributed by atoms with Crippen LogP contribution in [0.3, 0.4) is 0 Å². The Morgan fingerprint density at radius 3 is 2.38 bits per heavy atom. The van der Waals surface area contributed by atoms with Crippen molar-refractivity contribution >= 4 is 19.7 Å². The van der Waals surface area contributed by atoms with Crippen LogP contribution in [0.4, 0.5) is 0 Å². The smallest absolute Gasteiger partial charge is 0.358 e. The van der Waals surface area contributed by atoms with Crippen LogP contribution in [-0.2, 0) is 18.9 Å². The maximum atomic E-state index is 11.2. The van der Waals surface area contributed by atoms with E-state index in [-0.39, 0.29) is 6.16 Å². The maximum absolute atomic E-state index is 11.2. The molecule has 74 valence electrons. The number of methoxy groups -OCH3 is 1. The lowest BCUT2D eigenvalue weighted by atomic mass is 10.3. The fourth-order valence-corrected chi connectivity index (χ4v) is 1.97. The highest BCUT2D eigenvalue weighted by molar-refractivity contribution is 7.46. The molecule has 6 heteroatoms. The van der Waals surface area contributed by atoms with E-state index in [2.05, 4.69) is 4.74 Å². The number of carbonyl (C=O) groups is 2. The van der Waals surface area contributed by atoms with Gasteiger partial charge in [-0.15, -0.1) is 0 Å². The molecule has 1 N–H and O–H groups in total. The van der Waals surface area contributed by atoms with Crippen molar-refractivity contribution in [3.63, 3.8) is 0 Å². The summed E-state index contributed by atoms with van der Waals surface area (Å²) in [6.45, 7) is 1.64. The minimum atomic E-state index is -1.82. The number of ether oxygens (including phenoxy) is 1. The normalized spacial score (nSPS) is 13.2. The van der Waals surface area contributed by atoms with Crippen LogP contribution in [-0.4, -0.2) is 36.0 Å². The van der Waals surface area contributed by atoms with Gasteiger partial charge in [0.2, 0.25) is 0 Å². The van der Waals surface area contributed by atoms with Gasteiger partial charge in [-0.05, 0) is 6.92 Å². The molecule has 0 saturated heterocycles. The summed E-state index contributed by atoms with van der Waals surface area (Å²) in [5.41, 5.74) is -1.01. The summed E-state index contributed by atoms with van der Waals surface area (Å²) in [7, 11) is -0.676. The second-order valence-corrected chi connectivity index (χ2v) is 4.46. The zero-order valence-corrected chi connectivity index (χ0v) is 8.41. The number of hydrogen-bond donors (Lipinski definition) is 1. The molecule has 0 aromatic carbocycles. The predicted molar refractivity (Wildman–Crippen MR) is 46.2 cm³/mol. The molecule has 2 unspecified atom stereocenters. The summed E-state index contributed by atoms with van der Waals surface area (Å²) in [6.07, 6.45) is -0.155. The van der Waals surface area contributed by atoms with E-state index in [0.717, 1.165) is 7.11 Å². The second kappa shape index (κ2) is 5.65. The summed E-state index contributed by atoms with van der Waals surface area (Å²) >= 11 is 0. The number of aliphatic carboxylic acids is 1. The van der Waals surface area contributed by atoms with Crippen LogP contribution in [0.2, 0.25) is 0 Å². The predicted octanol–water partition coefficient (Wildman–Crippen LogP) is 0.850. The van der Waals surface area contributed by atoms with E-state index in [9.17, 15) is 14.2 Å². The van der Waals surface area contributed by atoms with Crippen LogP contribution in [0, 0.1) is 0 Å². The van der Waals surface area contributed by atoms with Crippen molar-refractivity contribution < 1.29 is 24.0 Å². The molecule has 0 aromatic heterocycles. The fourth-order valence-electron chi connectivity index (χ4n) is 0.825. The topological polar surface area (TPSA) is 80.7 Å². The number of carbonyl (C=O) groups excluding carboxylic acids is 1. The van der Waals surface area contributed by atoms with Gasteiger partial charge in [0, 0.05) is 0 Å². The number of esters is 1. The highest BCUT2D eigenvalue weighted by atomic mass is 31.1. The molecule has 0 aromatic rings. The van der Waals surface area contributed by atoms with Crippen LogP contribution in [0.1, 0.15) is 13.3 Å². The average Bonchev–Trinajstić information content (AvgIpc) is 2.11. The van der Waals surface area contributed by atoms with Crippen LogP contribution in [0.5, 0.6) is 0 Å². The lowest BCUT2D eigenvalue weighted by molar-refractivity contribution is -0.145. The SMILES string of the molecule is CC[P+](=O)C(CC(=O)O)C(=O)OC. The van der Waals surface area contributed by atoms with E-state index in [4.69, 9.17) is 5.11 Å². The Morgan fingerprint density at radius 2 is 2.08 bits per heavy atom. The van der Waals surface area contributed by atoms with E-state index in [1.807, 2.05) is 0 Å². The molecule has 0 saturated carbocycles. The fraction of sp³-hybridized carbons (Fsp3) is 0.714. The first-order valence-corrected chi connectivity index (χ1v) is 5.27. The summed E-state index contributed by atoms with van der Waals surface area (Å²) < 4.78 is 15.6. The molecule has 2 atom stereocenters. The van der Waals surface area contributed by atoms with E-state index < -0.39 is 31.8 Å². The third kappa shape index (κ3) is 3.99.